The molecule has 1 saturated heterocycles. The number of nitrogens with zero attached hydrogens (tertiary/aromatic N) is 4. The minimum atomic E-state index is -4.55. The molecule has 3 heterocycles. The van der Waals surface area contributed by atoms with Crippen LogP contribution in [0, 0.1) is 11.6 Å². The Hall–Kier alpha value is -3.05. The second-order valence-electron chi connectivity index (χ2n) is 10.7. The van der Waals surface area contributed by atoms with Crippen LogP contribution in [0.2, 0.25) is 0 Å². The average Bonchev–Trinajstić information content (AvgIpc) is 3.35. The summed E-state index contributed by atoms with van der Waals surface area (Å²) in [6.07, 6.45) is -0.204. The Morgan fingerprint density at radius 3 is 2.40 bits per heavy atom. The van der Waals surface area contributed by atoms with Gasteiger partial charge < -0.3 is 5.32 Å². The number of rotatable bonds is 9. The third-order valence-corrected chi connectivity index (χ3v) is 7.79. The molecule has 0 bridgehead atoms. The van der Waals surface area contributed by atoms with E-state index < -0.39 is 48.7 Å². The van der Waals surface area contributed by atoms with E-state index in [9.17, 15) is 17.6 Å². The topological polar surface area (TPSA) is 36.3 Å². The molecule has 2 atom stereocenters. The zero-order valence-electron chi connectivity index (χ0n) is 22.5. The summed E-state index contributed by atoms with van der Waals surface area (Å²) in [6, 6.07) is 5.73. The predicted molar refractivity (Wildman–Crippen MR) is 142 cm³/mol. The van der Waals surface area contributed by atoms with Gasteiger partial charge in [-0.15, -0.1) is 0 Å². The van der Waals surface area contributed by atoms with Gasteiger partial charge in [-0.1, -0.05) is 18.2 Å². The van der Waals surface area contributed by atoms with Crippen molar-refractivity contribution < 1.29 is 26.3 Å². The van der Waals surface area contributed by atoms with Crippen molar-refractivity contribution in [3.63, 3.8) is 0 Å². The van der Waals surface area contributed by atoms with Gasteiger partial charge in [0.15, 0.2) is 0 Å². The first-order chi connectivity index (χ1) is 19.1. The Balaban J connectivity index is 1.48. The van der Waals surface area contributed by atoms with Crippen molar-refractivity contribution >= 4 is 5.69 Å². The molecule has 2 aliphatic rings. The van der Waals surface area contributed by atoms with Crippen molar-refractivity contribution in [3.8, 4) is 11.1 Å². The fourth-order valence-corrected chi connectivity index (χ4v) is 5.85. The number of likely N-dealkylation sites (tertiary alicyclic amines) is 1. The van der Waals surface area contributed by atoms with Crippen molar-refractivity contribution in [2.75, 3.05) is 38.2 Å². The first-order valence-electron chi connectivity index (χ1n) is 13.6. The standard InChI is InChI=1S/C29H33F6N5/c1-3-39-14-21(13-36-39)19-5-6-24-20(10-19)9-18(2)40(17-29(33,34)35)28(24)27-25(31)11-22(12-26(27)32)37-23-15-38(16-23)8-4-7-30/h5-6,10-14,18,23,28,37H,3-4,7-9,15-17H2,1-2H3/t18-,28+/m1/s1. The van der Waals surface area contributed by atoms with Crippen molar-refractivity contribution in [3.05, 3.63) is 71.1 Å². The Kier molecular flexibility index (Phi) is 8.15. The fraction of sp³-hybridized carbons (Fsp3) is 0.483. The van der Waals surface area contributed by atoms with Crippen molar-refractivity contribution in [1.82, 2.24) is 19.6 Å². The van der Waals surface area contributed by atoms with Crippen molar-refractivity contribution in [2.24, 2.45) is 0 Å². The summed E-state index contributed by atoms with van der Waals surface area (Å²) in [5.74, 6) is -1.80. The maximum absolute atomic E-state index is 15.7. The highest BCUT2D eigenvalue weighted by molar-refractivity contribution is 5.64. The molecular weight excluding hydrogens is 532 g/mol. The van der Waals surface area contributed by atoms with Crippen LogP contribution in [0.25, 0.3) is 11.1 Å². The van der Waals surface area contributed by atoms with Crippen LogP contribution in [-0.2, 0) is 13.0 Å². The average molecular weight is 566 g/mol. The highest BCUT2D eigenvalue weighted by Crippen LogP contribution is 2.43. The number of aromatic nitrogens is 2. The summed E-state index contributed by atoms with van der Waals surface area (Å²) < 4.78 is 86.6. The number of halogens is 6. The lowest BCUT2D eigenvalue weighted by molar-refractivity contribution is -0.155. The molecule has 1 N–H and O–H groups in total. The number of fused-ring (bicyclic) bond motifs is 1. The molecule has 5 nitrogen and oxygen atoms in total. The summed E-state index contributed by atoms with van der Waals surface area (Å²) in [6.45, 7) is 4.48. The molecule has 5 rings (SSSR count). The lowest BCUT2D eigenvalue weighted by atomic mass is 9.83. The molecule has 1 fully saturated rings. The van der Waals surface area contributed by atoms with Crippen LogP contribution >= 0.6 is 0 Å². The Morgan fingerprint density at radius 2 is 1.77 bits per heavy atom. The highest BCUT2D eigenvalue weighted by Gasteiger charge is 2.42. The SMILES string of the molecule is CCn1cc(-c2ccc3c(c2)C[C@@H](C)N(CC(F)(F)F)[C@@H]3c2c(F)cc(NC3CN(CCCF)C3)cc2F)cn1. The van der Waals surface area contributed by atoms with Gasteiger partial charge in [-0.3, -0.25) is 18.9 Å². The minimum absolute atomic E-state index is 0.0445. The molecule has 0 unspecified atom stereocenters. The molecule has 0 spiro atoms. The number of aryl methyl sites for hydroxylation is 1. The minimum Gasteiger partial charge on any atom is -0.380 e. The first kappa shape index (κ1) is 28.5. The van der Waals surface area contributed by atoms with Crippen molar-refractivity contribution in [1.29, 1.82) is 0 Å². The Bertz CT molecular complexity index is 1310. The lowest BCUT2D eigenvalue weighted by Gasteiger charge is -2.43. The molecule has 2 aliphatic heterocycles. The van der Waals surface area contributed by atoms with Crippen LogP contribution in [0.4, 0.5) is 32.0 Å². The number of hydrogen-bond donors (Lipinski definition) is 1. The maximum Gasteiger partial charge on any atom is 0.401 e. The number of anilines is 1. The van der Waals surface area contributed by atoms with E-state index in [-0.39, 0.29) is 11.7 Å². The number of benzene rings is 2. The fourth-order valence-electron chi connectivity index (χ4n) is 5.85. The molecule has 1 aromatic heterocycles. The van der Waals surface area contributed by atoms with E-state index in [1.807, 2.05) is 24.1 Å². The molecule has 2 aromatic carbocycles. The molecule has 11 heteroatoms. The predicted octanol–water partition coefficient (Wildman–Crippen LogP) is 6.20. The molecule has 0 saturated carbocycles. The van der Waals surface area contributed by atoms with Gasteiger partial charge in [-0.2, -0.15) is 18.3 Å². The molecule has 216 valence electrons. The molecule has 3 aromatic rings. The van der Waals surface area contributed by atoms with Gasteiger partial charge >= 0.3 is 6.18 Å². The first-order valence-corrected chi connectivity index (χ1v) is 13.6. The lowest BCUT2D eigenvalue weighted by Crippen LogP contribution is -2.54. The van der Waals surface area contributed by atoms with Crippen molar-refractivity contribution in [2.45, 2.75) is 57.5 Å². The normalized spacial score (nSPS) is 20.4. The van der Waals surface area contributed by atoms with Gasteiger partial charge in [0.2, 0.25) is 0 Å². The summed E-state index contributed by atoms with van der Waals surface area (Å²) in [5, 5.41) is 7.38. The third kappa shape index (κ3) is 6.00. The van der Waals surface area contributed by atoms with Gasteiger partial charge in [-0.25, -0.2) is 8.78 Å². The van der Waals surface area contributed by atoms with E-state index in [0.29, 0.717) is 44.6 Å². The van der Waals surface area contributed by atoms with Gasteiger partial charge in [0.05, 0.1) is 31.5 Å². The highest BCUT2D eigenvalue weighted by atomic mass is 19.4. The van der Waals surface area contributed by atoms with E-state index in [1.165, 1.54) is 0 Å². The van der Waals surface area contributed by atoms with Crippen LogP contribution in [0.5, 0.6) is 0 Å². The van der Waals surface area contributed by atoms with E-state index in [0.717, 1.165) is 33.7 Å². The maximum atomic E-state index is 15.7. The van der Waals surface area contributed by atoms with E-state index in [2.05, 4.69) is 10.4 Å². The van der Waals surface area contributed by atoms with Crippen LogP contribution in [0.15, 0.2) is 42.7 Å². The van der Waals surface area contributed by atoms with E-state index in [4.69, 9.17) is 0 Å². The summed E-state index contributed by atoms with van der Waals surface area (Å²) in [5.41, 5.74) is 2.74. The zero-order chi connectivity index (χ0) is 28.6. The van der Waals surface area contributed by atoms with Crippen LogP contribution in [0.1, 0.15) is 43.0 Å². The smallest absolute Gasteiger partial charge is 0.380 e. The summed E-state index contributed by atoms with van der Waals surface area (Å²) in [7, 11) is 0. The number of hydrogen-bond acceptors (Lipinski definition) is 4. The second-order valence-corrected chi connectivity index (χ2v) is 10.7. The van der Waals surface area contributed by atoms with Crippen LogP contribution < -0.4 is 5.32 Å². The molecular formula is C29H33F6N5. The van der Waals surface area contributed by atoms with Gasteiger partial charge in [-0.05, 0) is 55.5 Å². The summed E-state index contributed by atoms with van der Waals surface area (Å²) in [4.78, 5) is 3.18. The Morgan fingerprint density at radius 1 is 1.05 bits per heavy atom. The Labute approximate surface area is 229 Å². The largest absolute Gasteiger partial charge is 0.401 e. The van der Waals surface area contributed by atoms with E-state index >= 15 is 8.78 Å². The van der Waals surface area contributed by atoms with Crippen LogP contribution in [0.3, 0.4) is 0 Å². The molecule has 40 heavy (non-hydrogen) atoms. The molecule has 0 aliphatic carbocycles. The third-order valence-electron chi connectivity index (χ3n) is 7.79. The van der Waals surface area contributed by atoms with Gasteiger partial charge in [0, 0.05) is 55.2 Å². The van der Waals surface area contributed by atoms with Gasteiger partial charge in [0.1, 0.15) is 11.6 Å². The van der Waals surface area contributed by atoms with E-state index in [1.54, 1.807) is 29.9 Å². The van der Waals surface area contributed by atoms with Crippen LogP contribution in [-0.4, -0.2) is 70.7 Å². The molecule has 0 amide bonds. The number of nitrogens with one attached hydrogen (secondary N) is 1. The monoisotopic (exact) mass is 565 g/mol. The van der Waals surface area contributed by atoms with Gasteiger partial charge in [0.25, 0.3) is 0 Å². The zero-order valence-corrected chi connectivity index (χ0v) is 22.5. The quantitative estimate of drug-likeness (QED) is 0.314. The second kappa shape index (κ2) is 11.4. The number of alkyl halides is 4. The molecule has 0 radical (unpaired) electrons. The summed E-state index contributed by atoms with van der Waals surface area (Å²) >= 11 is 0.